The Morgan fingerprint density at radius 1 is 1.21 bits per heavy atom. The predicted octanol–water partition coefficient (Wildman–Crippen LogP) is 5.35. The molecule has 1 saturated heterocycles. The SMILES string of the molecule is Cc1cc([C@H](Nc2nsnc2N(C)c2csc(S(=O)(=O)N3CCCC3)c2O)C(C)C)sc1C. The number of rotatable bonds is 8. The minimum absolute atomic E-state index is 0.0199. The zero-order valence-electron chi connectivity index (χ0n) is 19.3. The Hall–Kier alpha value is -1.73. The van der Waals surface area contributed by atoms with Gasteiger partial charge >= 0.3 is 0 Å². The molecule has 0 aliphatic carbocycles. The summed E-state index contributed by atoms with van der Waals surface area (Å²) in [4.78, 5) is 4.23. The molecule has 33 heavy (non-hydrogen) atoms. The van der Waals surface area contributed by atoms with Crippen molar-refractivity contribution in [3.05, 3.63) is 26.8 Å². The van der Waals surface area contributed by atoms with Crippen LogP contribution in [0.1, 0.15) is 48.0 Å². The molecule has 3 aromatic heterocycles. The van der Waals surface area contributed by atoms with Crippen molar-refractivity contribution in [1.29, 1.82) is 0 Å². The van der Waals surface area contributed by atoms with E-state index in [-0.39, 0.29) is 16.0 Å². The van der Waals surface area contributed by atoms with E-state index in [9.17, 15) is 13.5 Å². The molecule has 1 fully saturated rings. The molecule has 0 radical (unpaired) electrons. The number of aromatic nitrogens is 2. The van der Waals surface area contributed by atoms with Crippen molar-refractivity contribution < 1.29 is 13.5 Å². The Kier molecular flexibility index (Phi) is 7.02. The van der Waals surface area contributed by atoms with E-state index in [1.165, 1.54) is 19.6 Å². The normalized spacial score (nSPS) is 15.9. The summed E-state index contributed by atoms with van der Waals surface area (Å²) >= 11 is 3.89. The molecule has 0 amide bonds. The quantitative estimate of drug-likeness (QED) is 0.408. The van der Waals surface area contributed by atoms with Crippen LogP contribution in [-0.4, -0.2) is 46.7 Å². The van der Waals surface area contributed by atoms with E-state index in [2.05, 4.69) is 47.8 Å². The first-order chi connectivity index (χ1) is 15.6. The maximum atomic E-state index is 13.0. The number of sulfonamides is 1. The van der Waals surface area contributed by atoms with E-state index in [1.807, 2.05) is 0 Å². The first kappa shape index (κ1) is 24.4. The lowest BCUT2D eigenvalue weighted by molar-refractivity contribution is 0.450. The van der Waals surface area contributed by atoms with Crippen LogP contribution in [0.2, 0.25) is 0 Å². The molecule has 12 heteroatoms. The van der Waals surface area contributed by atoms with Crippen LogP contribution in [-0.2, 0) is 10.0 Å². The van der Waals surface area contributed by atoms with E-state index in [0.717, 1.165) is 35.9 Å². The second-order valence-electron chi connectivity index (χ2n) is 8.62. The third kappa shape index (κ3) is 4.63. The lowest BCUT2D eigenvalue weighted by Crippen LogP contribution is -2.27. The van der Waals surface area contributed by atoms with Gasteiger partial charge in [-0.15, -0.1) is 22.7 Å². The molecule has 4 heterocycles. The van der Waals surface area contributed by atoms with Gasteiger partial charge < -0.3 is 15.3 Å². The highest BCUT2D eigenvalue weighted by atomic mass is 32.2. The lowest BCUT2D eigenvalue weighted by atomic mass is 10.0. The van der Waals surface area contributed by atoms with Gasteiger partial charge in [-0.3, -0.25) is 0 Å². The van der Waals surface area contributed by atoms with Crippen molar-refractivity contribution in [2.75, 3.05) is 30.4 Å². The number of anilines is 3. The van der Waals surface area contributed by atoms with Crippen molar-refractivity contribution in [3.8, 4) is 5.75 Å². The summed E-state index contributed by atoms with van der Waals surface area (Å²) in [5.74, 6) is 1.24. The average Bonchev–Trinajstić information content (AvgIpc) is 3.54. The van der Waals surface area contributed by atoms with Crippen molar-refractivity contribution in [1.82, 2.24) is 13.1 Å². The summed E-state index contributed by atoms with van der Waals surface area (Å²) in [5.41, 5.74) is 1.67. The summed E-state index contributed by atoms with van der Waals surface area (Å²) < 4.78 is 36.3. The molecule has 0 aromatic carbocycles. The summed E-state index contributed by atoms with van der Waals surface area (Å²) in [5, 5.41) is 16.1. The van der Waals surface area contributed by atoms with Crippen LogP contribution in [0.3, 0.4) is 0 Å². The van der Waals surface area contributed by atoms with Crippen molar-refractivity contribution in [2.45, 2.75) is 50.8 Å². The second kappa shape index (κ2) is 9.49. The first-order valence-electron chi connectivity index (χ1n) is 10.8. The van der Waals surface area contributed by atoms with Gasteiger partial charge in [0.2, 0.25) is 0 Å². The monoisotopic (exact) mass is 527 g/mol. The standard InChI is InChI=1S/C21H29N5O3S4/c1-12(2)17(16-10-13(3)14(4)31-16)22-19-20(24-32-23-19)25(5)15-11-30-21(18(15)27)33(28,29)26-8-6-7-9-26/h10-12,17,27H,6-9H2,1-5H3,(H,22,23)/t17-/m1/s1. The third-order valence-electron chi connectivity index (χ3n) is 5.95. The second-order valence-corrected chi connectivity index (χ2v) is 13.4. The highest BCUT2D eigenvalue weighted by molar-refractivity contribution is 7.91. The number of nitrogens with zero attached hydrogens (tertiary/aromatic N) is 4. The number of thiophene rings is 2. The van der Waals surface area contributed by atoms with Gasteiger partial charge in [-0.1, -0.05) is 13.8 Å². The molecule has 0 bridgehead atoms. The van der Waals surface area contributed by atoms with Crippen LogP contribution in [0.4, 0.5) is 17.3 Å². The fourth-order valence-corrected chi connectivity index (χ4v) is 8.65. The Morgan fingerprint density at radius 2 is 1.91 bits per heavy atom. The van der Waals surface area contributed by atoms with E-state index in [4.69, 9.17) is 0 Å². The summed E-state index contributed by atoms with van der Waals surface area (Å²) in [6.07, 6.45) is 1.69. The van der Waals surface area contributed by atoms with Crippen LogP contribution in [0, 0.1) is 19.8 Å². The largest absolute Gasteiger partial charge is 0.504 e. The minimum Gasteiger partial charge on any atom is -0.504 e. The van der Waals surface area contributed by atoms with Gasteiger partial charge in [0.15, 0.2) is 21.6 Å². The molecular formula is C21H29N5O3S4. The number of nitrogens with one attached hydrogen (secondary N) is 1. The smallest absolute Gasteiger partial charge is 0.256 e. The molecule has 0 spiro atoms. The van der Waals surface area contributed by atoms with Crippen LogP contribution >= 0.6 is 34.4 Å². The van der Waals surface area contributed by atoms with E-state index < -0.39 is 10.0 Å². The molecule has 4 rings (SSSR count). The Balaban J connectivity index is 1.62. The number of aryl methyl sites for hydroxylation is 2. The van der Waals surface area contributed by atoms with Crippen LogP contribution in [0.5, 0.6) is 5.75 Å². The number of hydrogen-bond donors (Lipinski definition) is 2. The van der Waals surface area contributed by atoms with Crippen molar-refractivity contribution in [2.24, 2.45) is 5.92 Å². The third-order valence-corrected chi connectivity index (χ3v) is 11.1. The topological polar surface area (TPSA) is 98.7 Å². The van der Waals surface area contributed by atoms with Crippen LogP contribution in [0.25, 0.3) is 0 Å². The summed E-state index contributed by atoms with van der Waals surface area (Å²) in [7, 11) is -1.94. The highest BCUT2D eigenvalue weighted by Gasteiger charge is 2.33. The lowest BCUT2D eigenvalue weighted by Gasteiger charge is -2.23. The molecule has 0 saturated carbocycles. The van der Waals surface area contributed by atoms with E-state index in [1.54, 1.807) is 28.7 Å². The first-order valence-corrected chi connectivity index (χ1v) is 14.7. The van der Waals surface area contributed by atoms with Gasteiger partial charge in [-0.25, -0.2) is 8.42 Å². The van der Waals surface area contributed by atoms with Crippen molar-refractivity contribution in [3.63, 3.8) is 0 Å². The Bertz CT molecular complexity index is 1210. The van der Waals surface area contributed by atoms with Gasteiger partial charge in [0.05, 0.1) is 23.5 Å². The van der Waals surface area contributed by atoms with Gasteiger partial charge in [0, 0.05) is 35.3 Å². The van der Waals surface area contributed by atoms with E-state index >= 15 is 0 Å². The van der Waals surface area contributed by atoms with Gasteiger partial charge in [0.25, 0.3) is 10.0 Å². The van der Waals surface area contributed by atoms with Gasteiger partial charge in [-0.05, 0) is 44.2 Å². The van der Waals surface area contributed by atoms with Gasteiger partial charge in [0.1, 0.15) is 0 Å². The molecule has 3 aromatic rings. The molecular weight excluding hydrogens is 499 g/mol. The fraction of sp³-hybridized carbons (Fsp3) is 0.524. The molecule has 1 aliphatic rings. The molecule has 8 nitrogen and oxygen atoms in total. The van der Waals surface area contributed by atoms with Crippen LogP contribution in [0.15, 0.2) is 15.7 Å². The van der Waals surface area contributed by atoms with Gasteiger partial charge in [-0.2, -0.15) is 13.1 Å². The summed E-state index contributed by atoms with van der Waals surface area (Å²) in [6, 6.07) is 2.27. The molecule has 1 atom stereocenters. The molecule has 180 valence electrons. The van der Waals surface area contributed by atoms with E-state index in [0.29, 0.717) is 36.3 Å². The fourth-order valence-electron chi connectivity index (χ4n) is 3.87. The Labute approximate surface area is 207 Å². The molecule has 2 N–H and O–H groups in total. The van der Waals surface area contributed by atoms with Crippen LogP contribution < -0.4 is 10.2 Å². The zero-order valence-corrected chi connectivity index (χ0v) is 22.6. The zero-order chi connectivity index (χ0) is 23.9. The Morgan fingerprint density at radius 3 is 2.52 bits per heavy atom. The molecule has 0 unspecified atom stereocenters. The highest BCUT2D eigenvalue weighted by Crippen LogP contribution is 2.45. The number of hydrogen-bond acceptors (Lipinski definition) is 10. The molecule has 1 aliphatic heterocycles. The van der Waals surface area contributed by atoms with Crippen molar-refractivity contribution >= 4 is 61.7 Å². The minimum atomic E-state index is -3.70. The maximum absolute atomic E-state index is 13.0. The maximum Gasteiger partial charge on any atom is 0.256 e. The predicted molar refractivity (Wildman–Crippen MR) is 137 cm³/mol. The summed E-state index contributed by atoms with van der Waals surface area (Å²) in [6.45, 7) is 9.54. The average molecular weight is 528 g/mol. The number of aromatic hydroxyl groups is 1.